The molecular formula is C13H23NO3S. The average Bonchev–Trinajstić information content (AvgIpc) is 2.64. The number of thioether (sulfide) groups is 1. The number of rotatable bonds is 6. The van der Waals surface area contributed by atoms with Crippen molar-refractivity contribution < 1.29 is 14.7 Å². The van der Waals surface area contributed by atoms with E-state index in [-0.39, 0.29) is 29.6 Å². The van der Waals surface area contributed by atoms with Crippen LogP contribution in [0.2, 0.25) is 0 Å². The van der Waals surface area contributed by atoms with Gasteiger partial charge in [0.05, 0.1) is 12.6 Å². The summed E-state index contributed by atoms with van der Waals surface area (Å²) in [5, 5.41) is 9.50. The molecule has 0 aromatic rings. The zero-order chi connectivity index (χ0) is 13.7. The molecule has 1 unspecified atom stereocenters. The Morgan fingerprint density at radius 1 is 1.56 bits per heavy atom. The molecule has 1 fully saturated rings. The third-order valence-electron chi connectivity index (χ3n) is 3.16. The van der Waals surface area contributed by atoms with Crippen LogP contribution in [0.4, 0.5) is 0 Å². The van der Waals surface area contributed by atoms with Crippen LogP contribution < -0.4 is 0 Å². The summed E-state index contributed by atoms with van der Waals surface area (Å²) in [5.74, 6) is 1.52. The maximum Gasteiger partial charge on any atom is 0.223 e. The minimum atomic E-state index is -0.0650. The Morgan fingerprint density at radius 2 is 2.22 bits per heavy atom. The summed E-state index contributed by atoms with van der Waals surface area (Å²) in [7, 11) is 0. The van der Waals surface area contributed by atoms with E-state index in [2.05, 4.69) is 13.8 Å². The molecule has 0 aromatic heterocycles. The van der Waals surface area contributed by atoms with Crippen LogP contribution in [0.5, 0.6) is 0 Å². The lowest BCUT2D eigenvalue weighted by molar-refractivity contribution is -0.130. The predicted octanol–water partition coefficient (Wildman–Crippen LogP) is 1.52. The van der Waals surface area contributed by atoms with Gasteiger partial charge in [-0.2, -0.15) is 0 Å². The van der Waals surface area contributed by atoms with Gasteiger partial charge < -0.3 is 10.0 Å². The first kappa shape index (κ1) is 15.5. The summed E-state index contributed by atoms with van der Waals surface area (Å²) >= 11 is 1.29. The first-order valence-electron chi connectivity index (χ1n) is 6.47. The Bertz CT molecular complexity index is 307. The van der Waals surface area contributed by atoms with Crippen LogP contribution in [0.15, 0.2) is 0 Å². The molecule has 1 amide bonds. The van der Waals surface area contributed by atoms with E-state index in [4.69, 9.17) is 0 Å². The SMILES string of the molecule is CC(=O)SCC1CC(=O)N([C@H](CO)CC(C)C)C1. The molecule has 0 aliphatic carbocycles. The molecule has 1 heterocycles. The van der Waals surface area contributed by atoms with E-state index in [1.54, 1.807) is 11.8 Å². The number of likely N-dealkylation sites (tertiary alicyclic amines) is 1. The van der Waals surface area contributed by atoms with E-state index in [0.717, 1.165) is 6.42 Å². The number of carbonyl (C=O) groups is 2. The van der Waals surface area contributed by atoms with Gasteiger partial charge in [0.15, 0.2) is 5.12 Å². The van der Waals surface area contributed by atoms with Crippen molar-refractivity contribution in [2.45, 2.75) is 39.7 Å². The Balaban J connectivity index is 2.51. The van der Waals surface area contributed by atoms with E-state index in [1.807, 2.05) is 0 Å². The lowest BCUT2D eigenvalue weighted by atomic mass is 10.0. The second-order valence-corrected chi connectivity index (χ2v) is 6.58. The van der Waals surface area contributed by atoms with Crippen molar-refractivity contribution in [3.8, 4) is 0 Å². The Hall–Kier alpha value is -0.550. The molecule has 1 aliphatic heterocycles. The Morgan fingerprint density at radius 3 is 2.72 bits per heavy atom. The van der Waals surface area contributed by atoms with Gasteiger partial charge in [-0.15, -0.1) is 0 Å². The summed E-state index contributed by atoms with van der Waals surface area (Å²) in [6.07, 6.45) is 1.34. The van der Waals surface area contributed by atoms with Gasteiger partial charge in [0, 0.05) is 25.6 Å². The van der Waals surface area contributed by atoms with Gasteiger partial charge in [-0.05, 0) is 18.3 Å². The average molecular weight is 273 g/mol. The highest BCUT2D eigenvalue weighted by molar-refractivity contribution is 8.13. The Kier molecular flexibility index (Phi) is 6.15. The van der Waals surface area contributed by atoms with Crippen molar-refractivity contribution in [2.75, 3.05) is 18.9 Å². The lowest BCUT2D eigenvalue weighted by Gasteiger charge is -2.28. The maximum absolute atomic E-state index is 11.9. The molecule has 1 saturated heterocycles. The van der Waals surface area contributed by atoms with Gasteiger partial charge in [-0.3, -0.25) is 9.59 Å². The zero-order valence-corrected chi connectivity index (χ0v) is 12.2. The molecule has 1 aliphatic rings. The molecule has 0 radical (unpaired) electrons. The number of aliphatic hydroxyl groups excluding tert-OH is 1. The van der Waals surface area contributed by atoms with Crippen molar-refractivity contribution >= 4 is 22.8 Å². The van der Waals surface area contributed by atoms with E-state index < -0.39 is 0 Å². The van der Waals surface area contributed by atoms with E-state index in [1.165, 1.54) is 11.8 Å². The first-order valence-corrected chi connectivity index (χ1v) is 7.46. The fourth-order valence-electron chi connectivity index (χ4n) is 2.35. The molecule has 1 rings (SSSR count). The molecule has 0 spiro atoms. The minimum absolute atomic E-state index is 0.0243. The highest BCUT2D eigenvalue weighted by Crippen LogP contribution is 2.25. The Labute approximate surface area is 113 Å². The predicted molar refractivity (Wildman–Crippen MR) is 73.3 cm³/mol. The number of nitrogens with zero attached hydrogens (tertiary/aromatic N) is 1. The van der Waals surface area contributed by atoms with Gasteiger partial charge in [-0.25, -0.2) is 0 Å². The molecule has 5 heteroatoms. The van der Waals surface area contributed by atoms with Crippen molar-refractivity contribution in [3.05, 3.63) is 0 Å². The van der Waals surface area contributed by atoms with Gasteiger partial charge >= 0.3 is 0 Å². The number of hydrogen-bond donors (Lipinski definition) is 1. The van der Waals surface area contributed by atoms with Crippen LogP contribution in [0.1, 0.15) is 33.6 Å². The molecule has 4 nitrogen and oxygen atoms in total. The minimum Gasteiger partial charge on any atom is -0.394 e. The highest BCUT2D eigenvalue weighted by atomic mass is 32.2. The molecule has 18 heavy (non-hydrogen) atoms. The summed E-state index contributed by atoms with van der Waals surface area (Å²) in [6, 6.07) is -0.0650. The third kappa shape index (κ3) is 4.61. The summed E-state index contributed by atoms with van der Waals surface area (Å²) < 4.78 is 0. The highest BCUT2D eigenvalue weighted by Gasteiger charge is 2.34. The number of carbonyl (C=O) groups excluding carboxylic acids is 2. The maximum atomic E-state index is 11.9. The topological polar surface area (TPSA) is 57.6 Å². The monoisotopic (exact) mass is 273 g/mol. The summed E-state index contributed by atoms with van der Waals surface area (Å²) in [6.45, 7) is 6.43. The van der Waals surface area contributed by atoms with Crippen molar-refractivity contribution in [1.82, 2.24) is 4.90 Å². The van der Waals surface area contributed by atoms with E-state index in [9.17, 15) is 14.7 Å². The van der Waals surface area contributed by atoms with Gasteiger partial charge in [0.2, 0.25) is 5.91 Å². The van der Waals surface area contributed by atoms with E-state index in [0.29, 0.717) is 24.6 Å². The second-order valence-electron chi connectivity index (χ2n) is 5.38. The smallest absolute Gasteiger partial charge is 0.223 e. The van der Waals surface area contributed by atoms with Crippen molar-refractivity contribution in [2.24, 2.45) is 11.8 Å². The van der Waals surface area contributed by atoms with Gasteiger partial charge in [-0.1, -0.05) is 25.6 Å². The van der Waals surface area contributed by atoms with Crippen molar-refractivity contribution in [3.63, 3.8) is 0 Å². The molecule has 0 bridgehead atoms. The van der Waals surface area contributed by atoms with Crippen LogP contribution >= 0.6 is 11.8 Å². The van der Waals surface area contributed by atoms with Crippen LogP contribution in [0.25, 0.3) is 0 Å². The van der Waals surface area contributed by atoms with Crippen LogP contribution in [-0.2, 0) is 9.59 Å². The van der Waals surface area contributed by atoms with Crippen LogP contribution in [-0.4, -0.2) is 46.0 Å². The third-order valence-corrected chi connectivity index (χ3v) is 4.20. The standard InChI is InChI=1S/C13H23NO3S/c1-9(2)4-12(7-15)14-6-11(5-13(14)17)8-18-10(3)16/h9,11-12,15H,4-8H2,1-3H3/t11?,12-/m0/s1. The molecule has 1 N–H and O–H groups in total. The molecule has 0 aromatic carbocycles. The largest absolute Gasteiger partial charge is 0.394 e. The summed E-state index contributed by atoms with van der Waals surface area (Å²) in [5.41, 5.74) is 0. The fourth-order valence-corrected chi connectivity index (χ4v) is 3.05. The quantitative estimate of drug-likeness (QED) is 0.797. The lowest BCUT2D eigenvalue weighted by Crippen LogP contribution is -2.40. The van der Waals surface area contributed by atoms with Crippen LogP contribution in [0, 0.1) is 11.8 Å². The van der Waals surface area contributed by atoms with Crippen LogP contribution in [0.3, 0.4) is 0 Å². The molecule has 0 saturated carbocycles. The second kappa shape index (κ2) is 7.14. The van der Waals surface area contributed by atoms with Gasteiger partial charge in [0.1, 0.15) is 0 Å². The molecule has 104 valence electrons. The number of amides is 1. The number of hydrogen-bond acceptors (Lipinski definition) is 4. The van der Waals surface area contributed by atoms with E-state index >= 15 is 0 Å². The molecule has 2 atom stereocenters. The summed E-state index contributed by atoms with van der Waals surface area (Å²) in [4.78, 5) is 24.7. The van der Waals surface area contributed by atoms with Crippen molar-refractivity contribution in [1.29, 1.82) is 0 Å². The number of aliphatic hydroxyl groups is 1. The molecular weight excluding hydrogens is 250 g/mol. The zero-order valence-electron chi connectivity index (χ0n) is 11.4. The normalized spacial score (nSPS) is 21.7. The fraction of sp³-hybridized carbons (Fsp3) is 0.846. The first-order chi connectivity index (χ1) is 8.43. The van der Waals surface area contributed by atoms with Gasteiger partial charge in [0.25, 0.3) is 0 Å².